The number of carbonyl (C=O) groups excluding carboxylic acids is 1. The number of nitrogens with one attached hydrogen (secondary N) is 1. The van der Waals surface area contributed by atoms with Gasteiger partial charge >= 0.3 is 12.0 Å². The van der Waals surface area contributed by atoms with E-state index in [1.54, 1.807) is 17.3 Å². The van der Waals surface area contributed by atoms with Gasteiger partial charge in [0.25, 0.3) is 0 Å². The number of aryl methyl sites for hydroxylation is 1. The number of likely N-dealkylation sites (tertiary alicyclic amines) is 1. The second-order valence-corrected chi connectivity index (χ2v) is 5.57. The zero-order valence-corrected chi connectivity index (χ0v) is 12.4. The number of pyridine rings is 1. The lowest BCUT2D eigenvalue weighted by Crippen LogP contribution is -2.41. The van der Waals surface area contributed by atoms with Gasteiger partial charge in [-0.25, -0.2) is 4.79 Å². The Balaban J connectivity index is 1.94. The van der Waals surface area contributed by atoms with Gasteiger partial charge in [0.15, 0.2) is 0 Å². The van der Waals surface area contributed by atoms with Gasteiger partial charge in [0.1, 0.15) is 0 Å². The van der Waals surface area contributed by atoms with Crippen molar-refractivity contribution in [2.24, 2.45) is 5.41 Å². The highest BCUT2D eigenvalue weighted by atomic mass is 16.4. The minimum Gasteiger partial charge on any atom is -0.481 e. The molecule has 2 heterocycles. The van der Waals surface area contributed by atoms with E-state index in [1.165, 1.54) is 0 Å². The molecule has 21 heavy (non-hydrogen) atoms. The quantitative estimate of drug-likeness (QED) is 0.886. The number of nitrogens with zero attached hydrogens (tertiary/aromatic N) is 2. The van der Waals surface area contributed by atoms with E-state index in [0.29, 0.717) is 25.9 Å². The highest BCUT2D eigenvalue weighted by molar-refractivity contribution is 5.79. The largest absolute Gasteiger partial charge is 0.481 e. The molecule has 0 aliphatic carbocycles. The minimum atomic E-state index is -0.816. The molecule has 6 nitrogen and oxygen atoms in total. The van der Waals surface area contributed by atoms with E-state index in [0.717, 1.165) is 11.1 Å². The number of urea groups is 1. The lowest BCUT2D eigenvalue weighted by atomic mass is 9.84. The maximum Gasteiger partial charge on any atom is 0.317 e. The van der Waals surface area contributed by atoms with Crippen molar-refractivity contribution in [3.8, 4) is 0 Å². The van der Waals surface area contributed by atoms with Crippen LogP contribution in [-0.4, -0.2) is 40.1 Å². The molecule has 1 aliphatic heterocycles. The molecular weight excluding hydrogens is 270 g/mol. The summed E-state index contributed by atoms with van der Waals surface area (Å²) in [6, 6.07) is 1.68. The lowest BCUT2D eigenvalue weighted by molar-refractivity contribution is -0.148. The van der Waals surface area contributed by atoms with Crippen LogP contribution in [0, 0.1) is 12.3 Å². The van der Waals surface area contributed by atoms with Crippen LogP contribution < -0.4 is 5.32 Å². The summed E-state index contributed by atoms with van der Waals surface area (Å²) in [6.45, 7) is 4.98. The summed E-state index contributed by atoms with van der Waals surface area (Å²) in [5.74, 6) is -0.816. The number of amides is 2. The Kier molecular flexibility index (Phi) is 4.45. The summed E-state index contributed by atoms with van der Waals surface area (Å²) >= 11 is 0. The third-order valence-electron chi connectivity index (χ3n) is 4.35. The molecule has 6 heteroatoms. The van der Waals surface area contributed by atoms with Crippen LogP contribution in [0.4, 0.5) is 4.79 Å². The number of hydrogen-bond donors (Lipinski definition) is 2. The van der Waals surface area contributed by atoms with Crippen molar-refractivity contribution < 1.29 is 14.7 Å². The summed E-state index contributed by atoms with van der Waals surface area (Å²) in [5, 5.41) is 12.2. The van der Waals surface area contributed by atoms with Gasteiger partial charge in [0.05, 0.1) is 5.41 Å². The minimum absolute atomic E-state index is 0.213. The molecule has 1 saturated heterocycles. The van der Waals surface area contributed by atoms with Crippen molar-refractivity contribution in [3.05, 3.63) is 29.6 Å². The Morgan fingerprint density at radius 3 is 2.86 bits per heavy atom. The fourth-order valence-electron chi connectivity index (χ4n) is 2.62. The number of carboxylic acid groups (broad SMARTS) is 1. The van der Waals surface area contributed by atoms with Crippen LogP contribution in [0.5, 0.6) is 0 Å². The van der Waals surface area contributed by atoms with Crippen LogP contribution in [0.1, 0.15) is 30.9 Å². The predicted octanol–water partition coefficient (Wildman–Crippen LogP) is 1.79. The Bertz CT molecular complexity index is 547. The Morgan fingerprint density at radius 2 is 2.29 bits per heavy atom. The van der Waals surface area contributed by atoms with Gasteiger partial charge < -0.3 is 15.3 Å². The number of carbonyl (C=O) groups is 2. The van der Waals surface area contributed by atoms with E-state index in [9.17, 15) is 14.7 Å². The van der Waals surface area contributed by atoms with Crippen molar-refractivity contribution in [2.75, 3.05) is 13.1 Å². The lowest BCUT2D eigenvalue weighted by Gasteiger charge is -2.23. The highest BCUT2D eigenvalue weighted by Gasteiger charge is 2.44. The van der Waals surface area contributed by atoms with E-state index in [4.69, 9.17) is 0 Å². The molecule has 0 aromatic carbocycles. The normalized spacial score (nSPS) is 21.3. The van der Waals surface area contributed by atoms with Gasteiger partial charge in [0, 0.05) is 32.0 Å². The fraction of sp³-hybridized carbons (Fsp3) is 0.533. The zero-order chi connectivity index (χ0) is 15.5. The molecule has 2 amide bonds. The van der Waals surface area contributed by atoms with Crippen LogP contribution in [-0.2, 0) is 11.3 Å². The third-order valence-corrected chi connectivity index (χ3v) is 4.35. The predicted molar refractivity (Wildman–Crippen MR) is 77.8 cm³/mol. The first-order chi connectivity index (χ1) is 9.98. The van der Waals surface area contributed by atoms with Gasteiger partial charge in [-0.05, 0) is 37.0 Å². The smallest absolute Gasteiger partial charge is 0.317 e. The van der Waals surface area contributed by atoms with E-state index >= 15 is 0 Å². The molecule has 0 spiro atoms. The van der Waals surface area contributed by atoms with Gasteiger partial charge in [-0.1, -0.05) is 6.92 Å². The van der Waals surface area contributed by atoms with Gasteiger partial charge in [-0.3, -0.25) is 9.78 Å². The van der Waals surface area contributed by atoms with Crippen molar-refractivity contribution in [1.82, 2.24) is 15.2 Å². The molecule has 1 unspecified atom stereocenters. The molecule has 1 aromatic rings. The van der Waals surface area contributed by atoms with E-state index < -0.39 is 11.4 Å². The number of carboxylic acids is 1. The SMILES string of the molecule is CCC1(C(=O)O)CCN(C(=O)NCc2cnccc2C)C1. The molecular formula is C15H21N3O3. The van der Waals surface area contributed by atoms with Crippen LogP contribution >= 0.6 is 0 Å². The molecule has 2 rings (SSSR count). The summed E-state index contributed by atoms with van der Waals surface area (Å²) in [6.07, 6.45) is 4.49. The van der Waals surface area contributed by atoms with E-state index in [1.807, 2.05) is 19.9 Å². The van der Waals surface area contributed by atoms with Crippen LogP contribution in [0.2, 0.25) is 0 Å². The summed E-state index contributed by atoms with van der Waals surface area (Å²) in [4.78, 5) is 29.2. The molecule has 1 aromatic heterocycles. The van der Waals surface area contributed by atoms with Crippen LogP contribution in [0.25, 0.3) is 0 Å². The zero-order valence-electron chi connectivity index (χ0n) is 12.4. The van der Waals surface area contributed by atoms with Crippen molar-refractivity contribution in [2.45, 2.75) is 33.2 Å². The number of hydrogen-bond acceptors (Lipinski definition) is 3. The summed E-state index contributed by atoms with van der Waals surface area (Å²) in [5.41, 5.74) is 1.24. The van der Waals surface area contributed by atoms with Crippen LogP contribution in [0.3, 0.4) is 0 Å². The second kappa shape index (κ2) is 6.11. The molecule has 2 N–H and O–H groups in total. The first kappa shape index (κ1) is 15.3. The molecule has 1 atom stereocenters. The number of rotatable bonds is 4. The monoisotopic (exact) mass is 291 g/mol. The summed E-state index contributed by atoms with van der Waals surface area (Å²) < 4.78 is 0. The molecule has 114 valence electrons. The fourth-order valence-corrected chi connectivity index (χ4v) is 2.62. The molecule has 0 radical (unpaired) electrons. The standard InChI is InChI=1S/C15H21N3O3/c1-3-15(13(19)20)5-7-18(10-15)14(21)17-9-12-8-16-6-4-11(12)2/h4,6,8H,3,5,7,9-10H2,1-2H3,(H,17,21)(H,19,20). The van der Waals surface area contributed by atoms with Gasteiger partial charge in [0.2, 0.25) is 0 Å². The average Bonchev–Trinajstić information content (AvgIpc) is 2.92. The van der Waals surface area contributed by atoms with E-state index in [2.05, 4.69) is 10.3 Å². The number of aliphatic carboxylic acids is 1. The maximum absolute atomic E-state index is 12.2. The van der Waals surface area contributed by atoms with Crippen LogP contribution in [0.15, 0.2) is 18.5 Å². The Hall–Kier alpha value is -2.11. The molecule has 0 saturated carbocycles. The van der Waals surface area contributed by atoms with Crippen molar-refractivity contribution in [3.63, 3.8) is 0 Å². The molecule has 1 fully saturated rings. The summed E-state index contributed by atoms with van der Waals surface area (Å²) in [7, 11) is 0. The average molecular weight is 291 g/mol. The maximum atomic E-state index is 12.2. The van der Waals surface area contributed by atoms with Crippen molar-refractivity contribution >= 4 is 12.0 Å². The Labute approximate surface area is 124 Å². The first-order valence-corrected chi connectivity index (χ1v) is 7.14. The van der Waals surface area contributed by atoms with Gasteiger partial charge in [-0.2, -0.15) is 0 Å². The topological polar surface area (TPSA) is 82.5 Å². The number of aromatic nitrogens is 1. The molecule has 1 aliphatic rings. The Morgan fingerprint density at radius 1 is 1.52 bits per heavy atom. The molecule has 0 bridgehead atoms. The third kappa shape index (κ3) is 3.15. The van der Waals surface area contributed by atoms with E-state index in [-0.39, 0.29) is 12.6 Å². The van der Waals surface area contributed by atoms with Gasteiger partial charge in [-0.15, -0.1) is 0 Å². The highest BCUT2D eigenvalue weighted by Crippen LogP contribution is 2.34. The van der Waals surface area contributed by atoms with Crippen molar-refractivity contribution in [1.29, 1.82) is 0 Å². The first-order valence-electron chi connectivity index (χ1n) is 7.14. The second-order valence-electron chi connectivity index (χ2n) is 5.57.